The molecule has 21 heavy (non-hydrogen) atoms. The smallest absolute Gasteiger partial charge is 0.358 e. The zero-order chi connectivity index (χ0) is 15.9. The lowest BCUT2D eigenvalue weighted by molar-refractivity contribution is 0.0590. The van der Waals surface area contributed by atoms with E-state index < -0.39 is 16.0 Å². The van der Waals surface area contributed by atoms with E-state index in [9.17, 15) is 13.2 Å². The van der Waals surface area contributed by atoms with E-state index in [1.54, 1.807) is 0 Å². The number of methoxy groups -OCH3 is 1. The number of thiazole rings is 1. The Kier molecular flexibility index (Phi) is 7.23. The van der Waals surface area contributed by atoms with Gasteiger partial charge in [0.05, 0.1) is 18.7 Å². The normalized spacial score (nSPS) is 11.8. The lowest BCUT2D eigenvalue weighted by Gasteiger charge is -2.08. The van der Waals surface area contributed by atoms with Crippen molar-refractivity contribution < 1.29 is 22.7 Å². The molecule has 0 atom stereocenters. The van der Waals surface area contributed by atoms with Crippen molar-refractivity contribution in [2.75, 3.05) is 20.3 Å². The average Bonchev–Trinajstić information content (AvgIpc) is 2.91. The molecule has 0 spiro atoms. The molecule has 9 heteroatoms. The number of carbonyl (C=O) groups excluding carboxylic acids is 1. The number of hydrogen-bond acceptors (Lipinski definition) is 7. The van der Waals surface area contributed by atoms with Crippen LogP contribution in [0, 0.1) is 0 Å². The second-order valence-electron chi connectivity index (χ2n) is 4.50. The van der Waals surface area contributed by atoms with Gasteiger partial charge in [-0.25, -0.2) is 22.9 Å². The van der Waals surface area contributed by atoms with Gasteiger partial charge in [-0.15, -0.1) is 11.3 Å². The van der Waals surface area contributed by atoms with Crippen molar-refractivity contribution in [3.05, 3.63) is 11.2 Å². The highest BCUT2D eigenvalue weighted by atomic mass is 32.2. The maximum atomic E-state index is 12.1. The third-order valence-corrected chi connectivity index (χ3v) is 5.30. The molecule has 0 amide bonds. The monoisotopic (exact) mass is 336 g/mol. The Hall–Kier alpha value is -1.03. The number of nitrogens with one attached hydrogen (secondary N) is 1. The molecule has 0 unspecified atom stereocenters. The standard InChI is InChI=1S/C12H20N2O5S2/c1-9(2)19-7-5-4-6-14-21(16,17)12-10(11(15)18-3)13-8-20-12/h8-9,14H,4-7H2,1-3H3. The molecule has 120 valence electrons. The number of unbranched alkanes of at least 4 members (excludes halogenated alkanes) is 1. The number of nitrogens with zero attached hydrogens (tertiary/aromatic N) is 1. The highest BCUT2D eigenvalue weighted by Crippen LogP contribution is 2.20. The minimum absolute atomic E-state index is 0.118. The van der Waals surface area contributed by atoms with Crippen LogP contribution in [0.1, 0.15) is 37.2 Å². The summed E-state index contributed by atoms with van der Waals surface area (Å²) in [6, 6.07) is 0. The maximum absolute atomic E-state index is 12.1. The van der Waals surface area contributed by atoms with Crippen molar-refractivity contribution >= 4 is 27.3 Å². The summed E-state index contributed by atoms with van der Waals surface area (Å²) in [7, 11) is -2.56. The Balaban J connectivity index is 2.51. The second-order valence-corrected chi connectivity index (χ2v) is 7.32. The van der Waals surface area contributed by atoms with Gasteiger partial charge < -0.3 is 9.47 Å². The minimum atomic E-state index is -3.74. The predicted octanol–water partition coefficient (Wildman–Crippen LogP) is 1.41. The van der Waals surface area contributed by atoms with E-state index in [1.807, 2.05) is 13.8 Å². The van der Waals surface area contributed by atoms with Crippen LogP contribution in [-0.2, 0) is 19.5 Å². The second kappa shape index (κ2) is 8.42. The highest BCUT2D eigenvalue weighted by Gasteiger charge is 2.25. The van der Waals surface area contributed by atoms with Gasteiger partial charge >= 0.3 is 5.97 Å². The molecule has 0 radical (unpaired) electrons. The first-order chi connectivity index (χ1) is 9.88. The van der Waals surface area contributed by atoms with Crippen LogP contribution in [0.2, 0.25) is 0 Å². The van der Waals surface area contributed by atoms with Gasteiger partial charge in [0.1, 0.15) is 0 Å². The summed E-state index contributed by atoms with van der Waals surface area (Å²) >= 11 is 0.885. The minimum Gasteiger partial charge on any atom is -0.464 e. The molecule has 0 saturated heterocycles. The molecule has 1 heterocycles. The number of esters is 1. The number of carbonyl (C=O) groups is 1. The summed E-state index contributed by atoms with van der Waals surface area (Å²) in [5.41, 5.74) is 1.12. The fraction of sp³-hybridized carbons (Fsp3) is 0.667. The number of hydrogen-bond donors (Lipinski definition) is 1. The Bertz CT molecular complexity index is 554. The Morgan fingerprint density at radius 3 is 2.76 bits per heavy atom. The first-order valence-electron chi connectivity index (χ1n) is 6.51. The molecule has 0 bridgehead atoms. The first-order valence-corrected chi connectivity index (χ1v) is 8.88. The van der Waals surface area contributed by atoms with E-state index in [1.165, 1.54) is 12.6 Å². The van der Waals surface area contributed by atoms with Gasteiger partial charge in [-0.05, 0) is 26.7 Å². The molecular weight excluding hydrogens is 316 g/mol. The molecule has 1 aromatic rings. The zero-order valence-electron chi connectivity index (χ0n) is 12.3. The van der Waals surface area contributed by atoms with Crippen molar-refractivity contribution in [1.29, 1.82) is 0 Å². The van der Waals surface area contributed by atoms with Crippen LogP contribution in [-0.4, -0.2) is 45.7 Å². The zero-order valence-corrected chi connectivity index (χ0v) is 13.9. The summed E-state index contributed by atoms with van der Waals surface area (Å²) in [5, 5.41) is 0. The molecule has 0 saturated carbocycles. The van der Waals surface area contributed by atoms with Gasteiger partial charge in [0.2, 0.25) is 0 Å². The summed E-state index contributed by atoms with van der Waals surface area (Å²) in [6.45, 7) is 4.76. The molecule has 0 aliphatic carbocycles. The molecule has 1 rings (SSSR count). The average molecular weight is 336 g/mol. The Morgan fingerprint density at radius 2 is 2.14 bits per heavy atom. The van der Waals surface area contributed by atoms with Crippen molar-refractivity contribution in [2.45, 2.75) is 37.0 Å². The van der Waals surface area contributed by atoms with E-state index >= 15 is 0 Å². The molecule has 7 nitrogen and oxygen atoms in total. The van der Waals surface area contributed by atoms with Crippen LogP contribution in [0.5, 0.6) is 0 Å². The van der Waals surface area contributed by atoms with Crippen LogP contribution in [0.3, 0.4) is 0 Å². The van der Waals surface area contributed by atoms with Gasteiger partial charge in [0, 0.05) is 13.2 Å². The topological polar surface area (TPSA) is 94.6 Å². The number of rotatable bonds is 9. The number of aromatic nitrogens is 1. The van der Waals surface area contributed by atoms with Crippen molar-refractivity contribution in [3.8, 4) is 0 Å². The van der Waals surface area contributed by atoms with Gasteiger partial charge in [-0.1, -0.05) is 0 Å². The summed E-state index contributed by atoms with van der Waals surface area (Å²) in [6.07, 6.45) is 1.58. The summed E-state index contributed by atoms with van der Waals surface area (Å²) < 4.78 is 36.4. The van der Waals surface area contributed by atoms with Crippen molar-refractivity contribution in [3.63, 3.8) is 0 Å². The molecule has 0 aromatic carbocycles. The molecule has 0 aliphatic heterocycles. The maximum Gasteiger partial charge on any atom is 0.358 e. The number of sulfonamides is 1. The quantitative estimate of drug-likeness (QED) is 0.541. The summed E-state index contributed by atoms with van der Waals surface area (Å²) in [5.74, 6) is -0.762. The molecular formula is C12H20N2O5S2. The van der Waals surface area contributed by atoms with Crippen molar-refractivity contribution in [1.82, 2.24) is 9.71 Å². The van der Waals surface area contributed by atoms with E-state index in [-0.39, 0.29) is 22.6 Å². The summed E-state index contributed by atoms with van der Waals surface area (Å²) in [4.78, 5) is 15.2. The highest BCUT2D eigenvalue weighted by molar-refractivity contribution is 7.91. The first kappa shape index (κ1) is 18.0. The van der Waals surface area contributed by atoms with Gasteiger partial charge in [-0.2, -0.15) is 0 Å². The van der Waals surface area contributed by atoms with Crippen LogP contribution < -0.4 is 4.72 Å². The van der Waals surface area contributed by atoms with Gasteiger partial charge in [-0.3, -0.25) is 0 Å². The third-order valence-electron chi connectivity index (χ3n) is 2.47. The van der Waals surface area contributed by atoms with E-state index in [2.05, 4.69) is 14.4 Å². The molecule has 1 aromatic heterocycles. The fourth-order valence-corrected chi connectivity index (χ4v) is 3.73. The Morgan fingerprint density at radius 1 is 1.43 bits per heavy atom. The van der Waals surface area contributed by atoms with Crippen LogP contribution in [0.4, 0.5) is 0 Å². The van der Waals surface area contributed by atoms with Crippen molar-refractivity contribution in [2.24, 2.45) is 0 Å². The SMILES string of the molecule is COC(=O)c1ncsc1S(=O)(=O)NCCCCOC(C)C. The van der Waals surface area contributed by atoms with E-state index in [0.29, 0.717) is 13.0 Å². The van der Waals surface area contributed by atoms with E-state index in [0.717, 1.165) is 17.8 Å². The molecule has 1 N–H and O–H groups in total. The lowest BCUT2D eigenvalue weighted by Crippen LogP contribution is -2.26. The van der Waals surface area contributed by atoms with E-state index in [4.69, 9.17) is 4.74 Å². The number of ether oxygens (including phenoxy) is 2. The molecule has 0 aliphatic rings. The van der Waals surface area contributed by atoms with Crippen LogP contribution in [0.15, 0.2) is 9.72 Å². The molecule has 0 fully saturated rings. The fourth-order valence-electron chi connectivity index (χ4n) is 1.48. The van der Waals surface area contributed by atoms with Gasteiger partial charge in [0.25, 0.3) is 10.0 Å². The largest absolute Gasteiger partial charge is 0.464 e. The Labute approximate surface area is 128 Å². The third kappa shape index (κ3) is 5.70. The van der Waals surface area contributed by atoms with Crippen LogP contribution >= 0.6 is 11.3 Å². The lowest BCUT2D eigenvalue weighted by atomic mass is 10.3. The van der Waals surface area contributed by atoms with Crippen LogP contribution in [0.25, 0.3) is 0 Å². The van der Waals surface area contributed by atoms with Gasteiger partial charge in [0.15, 0.2) is 9.90 Å². The predicted molar refractivity (Wildman–Crippen MR) is 79.0 cm³/mol.